The minimum atomic E-state index is -0.873. The zero-order valence-corrected chi connectivity index (χ0v) is 19.1. The van der Waals surface area contributed by atoms with Crippen molar-refractivity contribution in [1.82, 2.24) is 15.2 Å². The third kappa shape index (κ3) is 4.77. The van der Waals surface area contributed by atoms with Crippen LogP contribution in [0.5, 0.6) is 0 Å². The number of carbonyl (C=O) groups excluding carboxylic acids is 2. The molecule has 2 heterocycles. The van der Waals surface area contributed by atoms with Crippen molar-refractivity contribution in [3.05, 3.63) is 83.7 Å². The number of carboxylic acids is 1. The SMILES string of the molecule is O=C(O)CC1CN(C(=O)C(Cc2ccc[nH]2)NC(=O)OCC2c3ccccc3-c3ccccc32)C1. The minimum absolute atomic E-state index is 0.0326. The molecule has 0 spiro atoms. The molecule has 1 atom stereocenters. The van der Waals surface area contributed by atoms with E-state index in [1.807, 2.05) is 36.4 Å². The first-order valence-corrected chi connectivity index (χ1v) is 11.7. The van der Waals surface area contributed by atoms with Crippen molar-refractivity contribution in [3.8, 4) is 11.1 Å². The lowest BCUT2D eigenvalue weighted by atomic mass is 9.95. The highest BCUT2D eigenvalue weighted by molar-refractivity contribution is 5.87. The van der Waals surface area contributed by atoms with Gasteiger partial charge < -0.3 is 25.0 Å². The molecule has 1 aromatic heterocycles. The van der Waals surface area contributed by atoms with Crippen LogP contribution in [0.4, 0.5) is 4.79 Å². The number of rotatable bonds is 8. The molecule has 1 unspecified atom stereocenters. The second-order valence-electron chi connectivity index (χ2n) is 9.13. The number of alkyl carbamates (subject to hydrolysis) is 1. The molecule has 2 aromatic carbocycles. The lowest BCUT2D eigenvalue weighted by Crippen LogP contribution is -2.58. The second kappa shape index (κ2) is 9.66. The molecule has 2 amide bonds. The van der Waals surface area contributed by atoms with Crippen LogP contribution < -0.4 is 5.32 Å². The van der Waals surface area contributed by atoms with Crippen LogP contribution in [0.2, 0.25) is 0 Å². The first-order valence-electron chi connectivity index (χ1n) is 11.7. The lowest BCUT2D eigenvalue weighted by molar-refractivity contribution is -0.146. The number of aromatic amines is 1. The van der Waals surface area contributed by atoms with Crippen molar-refractivity contribution in [2.24, 2.45) is 5.92 Å². The molecule has 0 radical (unpaired) electrons. The summed E-state index contributed by atoms with van der Waals surface area (Å²) in [6.07, 6.45) is 1.43. The van der Waals surface area contributed by atoms with E-state index in [0.717, 1.165) is 27.9 Å². The number of hydrogen-bond donors (Lipinski definition) is 3. The van der Waals surface area contributed by atoms with Crippen LogP contribution in [0, 0.1) is 5.92 Å². The third-order valence-corrected chi connectivity index (χ3v) is 6.75. The maximum absolute atomic E-state index is 13.1. The van der Waals surface area contributed by atoms with Crippen LogP contribution in [-0.4, -0.2) is 58.7 Å². The number of nitrogens with zero attached hydrogens (tertiary/aromatic N) is 1. The Morgan fingerprint density at radius 2 is 1.66 bits per heavy atom. The fraction of sp³-hybridized carbons (Fsp3) is 0.296. The van der Waals surface area contributed by atoms with E-state index in [0.29, 0.717) is 13.1 Å². The van der Waals surface area contributed by atoms with Crippen molar-refractivity contribution in [2.45, 2.75) is 24.8 Å². The lowest BCUT2D eigenvalue weighted by Gasteiger charge is -2.40. The fourth-order valence-corrected chi connectivity index (χ4v) is 5.04. The molecule has 8 nitrogen and oxygen atoms in total. The number of aliphatic carboxylic acids is 1. The third-order valence-electron chi connectivity index (χ3n) is 6.75. The molecule has 3 aromatic rings. The monoisotopic (exact) mass is 473 g/mol. The van der Waals surface area contributed by atoms with E-state index >= 15 is 0 Å². The highest BCUT2D eigenvalue weighted by Crippen LogP contribution is 2.44. The first-order chi connectivity index (χ1) is 17.0. The number of H-pyrrole nitrogens is 1. The van der Waals surface area contributed by atoms with Gasteiger partial charge in [0, 0.05) is 43.2 Å². The molecule has 1 fully saturated rings. The number of carboxylic acid groups (broad SMARTS) is 1. The number of likely N-dealkylation sites (tertiary alicyclic amines) is 1. The molecular weight excluding hydrogens is 446 g/mol. The summed E-state index contributed by atoms with van der Waals surface area (Å²) in [7, 11) is 0. The van der Waals surface area contributed by atoms with Gasteiger partial charge in [0.1, 0.15) is 12.6 Å². The molecular formula is C27H27N3O5. The summed E-state index contributed by atoms with van der Waals surface area (Å²) in [6.45, 7) is 0.908. The van der Waals surface area contributed by atoms with E-state index in [1.165, 1.54) is 0 Å². The summed E-state index contributed by atoms with van der Waals surface area (Å²) < 4.78 is 5.64. The standard InChI is InChI=1S/C27H27N3O5/c31-25(32)12-17-14-30(15-17)26(33)24(13-18-6-5-11-28-18)29-27(34)35-16-23-21-9-3-1-7-19(21)20-8-2-4-10-22(20)23/h1-11,17,23-24,28H,12-16H2,(H,29,34)(H,31,32). The molecule has 1 saturated heterocycles. The van der Waals surface area contributed by atoms with Crippen molar-refractivity contribution in [3.63, 3.8) is 0 Å². The van der Waals surface area contributed by atoms with Crippen LogP contribution in [0.3, 0.4) is 0 Å². The van der Waals surface area contributed by atoms with Crippen LogP contribution in [0.15, 0.2) is 66.9 Å². The summed E-state index contributed by atoms with van der Waals surface area (Å²) in [5, 5.41) is 11.7. The number of fused-ring (bicyclic) bond motifs is 3. The van der Waals surface area contributed by atoms with Gasteiger partial charge in [-0.1, -0.05) is 48.5 Å². The minimum Gasteiger partial charge on any atom is -0.481 e. The van der Waals surface area contributed by atoms with Gasteiger partial charge >= 0.3 is 12.1 Å². The number of nitrogens with one attached hydrogen (secondary N) is 2. The van der Waals surface area contributed by atoms with E-state index in [1.54, 1.807) is 11.1 Å². The highest BCUT2D eigenvalue weighted by Gasteiger charge is 2.37. The van der Waals surface area contributed by atoms with Gasteiger partial charge in [-0.25, -0.2) is 4.79 Å². The molecule has 5 rings (SSSR count). The molecule has 8 heteroatoms. The number of aromatic nitrogens is 1. The highest BCUT2D eigenvalue weighted by atomic mass is 16.5. The summed E-state index contributed by atoms with van der Waals surface area (Å²) in [4.78, 5) is 41.5. The number of ether oxygens (including phenoxy) is 1. The number of benzene rings is 2. The first kappa shape index (κ1) is 22.7. The Labute approximate surface area is 202 Å². The van der Waals surface area contributed by atoms with Gasteiger partial charge in [0.25, 0.3) is 0 Å². The Balaban J connectivity index is 1.24. The topological polar surface area (TPSA) is 112 Å². The van der Waals surface area contributed by atoms with E-state index < -0.39 is 18.1 Å². The molecule has 3 N–H and O–H groups in total. The summed E-state index contributed by atoms with van der Waals surface area (Å²) in [6, 6.07) is 19.1. The second-order valence-corrected chi connectivity index (χ2v) is 9.13. The maximum atomic E-state index is 13.1. The van der Waals surface area contributed by atoms with Crippen molar-refractivity contribution in [1.29, 1.82) is 0 Å². The normalized spacial score (nSPS) is 15.6. The van der Waals surface area contributed by atoms with Gasteiger partial charge in [-0.05, 0) is 34.4 Å². The Hall–Kier alpha value is -4.07. The molecule has 0 bridgehead atoms. The Morgan fingerprint density at radius 3 is 2.26 bits per heavy atom. The largest absolute Gasteiger partial charge is 0.481 e. The quantitative estimate of drug-likeness (QED) is 0.464. The summed E-state index contributed by atoms with van der Waals surface area (Å²) in [5.41, 5.74) is 5.33. The van der Waals surface area contributed by atoms with Crippen molar-refractivity contribution in [2.75, 3.05) is 19.7 Å². The zero-order valence-electron chi connectivity index (χ0n) is 19.1. The zero-order chi connectivity index (χ0) is 24.4. The predicted molar refractivity (Wildman–Crippen MR) is 129 cm³/mol. The Morgan fingerprint density at radius 1 is 1.00 bits per heavy atom. The van der Waals surface area contributed by atoms with Crippen molar-refractivity contribution >= 4 is 18.0 Å². The molecule has 2 aliphatic rings. The van der Waals surface area contributed by atoms with E-state index in [-0.39, 0.29) is 37.2 Å². The average molecular weight is 474 g/mol. The summed E-state index contributed by atoms with van der Waals surface area (Å²) in [5.74, 6) is -1.24. The Kier molecular flexibility index (Phi) is 6.27. The number of amides is 2. The van der Waals surface area contributed by atoms with Gasteiger partial charge in [0.05, 0.1) is 6.42 Å². The molecule has 0 saturated carbocycles. The van der Waals surface area contributed by atoms with Crippen LogP contribution >= 0.6 is 0 Å². The van der Waals surface area contributed by atoms with E-state index in [9.17, 15) is 14.4 Å². The van der Waals surface area contributed by atoms with Gasteiger partial charge in [0.15, 0.2) is 0 Å². The van der Waals surface area contributed by atoms with E-state index in [2.05, 4.69) is 34.6 Å². The van der Waals surface area contributed by atoms with Gasteiger partial charge in [0.2, 0.25) is 5.91 Å². The average Bonchev–Trinajstić information content (AvgIpc) is 3.45. The smallest absolute Gasteiger partial charge is 0.407 e. The Bertz CT molecular complexity index is 1190. The molecule has 1 aliphatic heterocycles. The van der Waals surface area contributed by atoms with Gasteiger partial charge in [-0.3, -0.25) is 9.59 Å². The van der Waals surface area contributed by atoms with Crippen LogP contribution in [0.1, 0.15) is 29.2 Å². The summed E-state index contributed by atoms with van der Waals surface area (Å²) >= 11 is 0. The van der Waals surface area contributed by atoms with Gasteiger partial charge in [-0.15, -0.1) is 0 Å². The predicted octanol–water partition coefficient (Wildman–Crippen LogP) is 3.40. The van der Waals surface area contributed by atoms with Crippen molar-refractivity contribution < 1.29 is 24.2 Å². The maximum Gasteiger partial charge on any atom is 0.407 e. The van der Waals surface area contributed by atoms with Crippen LogP contribution in [-0.2, 0) is 20.7 Å². The van der Waals surface area contributed by atoms with Gasteiger partial charge in [-0.2, -0.15) is 0 Å². The fourth-order valence-electron chi connectivity index (χ4n) is 5.04. The van der Waals surface area contributed by atoms with E-state index in [4.69, 9.17) is 9.84 Å². The molecule has 1 aliphatic carbocycles. The molecule has 180 valence electrons. The molecule has 35 heavy (non-hydrogen) atoms. The number of carbonyl (C=O) groups is 3. The van der Waals surface area contributed by atoms with Crippen LogP contribution in [0.25, 0.3) is 11.1 Å². The number of hydrogen-bond acceptors (Lipinski definition) is 4.